The fraction of sp³-hybridized carbons (Fsp3) is 0.267. The van der Waals surface area contributed by atoms with Gasteiger partial charge in [-0.2, -0.15) is 0 Å². The van der Waals surface area contributed by atoms with E-state index in [1.807, 2.05) is 12.3 Å². The van der Waals surface area contributed by atoms with E-state index < -0.39 is 0 Å². The molecule has 1 fully saturated rings. The molecule has 2 aromatic rings. The standard InChI is InChI=1S/C15H15NO/c17-13-8-12(9-16-10-13)15-7-2-1-6-14(15)11-4-3-5-11/h1-2,6-11,17H,3-5H2. The van der Waals surface area contributed by atoms with Crippen LogP contribution >= 0.6 is 0 Å². The third kappa shape index (κ3) is 1.91. The highest BCUT2D eigenvalue weighted by molar-refractivity contribution is 5.68. The molecule has 0 amide bonds. The van der Waals surface area contributed by atoms with Gasteiger partial charge in [0.2, 0.25) is 0 Å². The highest BCUT2D eigenvalue weighted by Crippen LogP contribution is 2.41. The van der Waals surface area contributed by atoms with Gasteiger partial charge in [-0.3, -0.25) is 4.98 Å². The summed E-state index contributed by atoms with van der Waals surface area (Å²) in [6.45, 7) is 0. The van der Waals surface area contributed by atoms with Crippen LogP contribution in [0, 0.1) is 0 Å². The third-order valence-electron chi connectivity index (χ3n) is 3.54. The minimum atomic E-state index is 0.228. The van der Waals surface area contributed by atoms with Crippen LogP contribution in [0.5, 0.6) is 5.75 Å². The van der Waals surface area contributed by atoms with Crippen molar-refractivity contribution in [1.29, 1.82) is 0 Å². The Balaban J connectivity index is 2.07. The van der Waals surface area contributed by atoms with E-state index in [4.69, 9.17) is 0 Å². The van der Waals surface area contributed by atoms with Crippen molar-refractivity contribution in [3.05, 3.63) is 48.3 Å². The van der Waals surface area contributed by atoms with Crippen molar-refractivity contribution in [2.45, 2.75) is 25.2 Å². The van der Waals surface area contributed by atoms with Crippen LogP contribution in [-0.2, 0) is 0 Å². The first-order valence-electron chi connectivity index (χ1n) is 6.08. The Morgan fingerprint density at radius 1 is 1.12 bits per heavy atom. The Morgan fingerprint density at radius 3 is 2.65 bits per heavy atom. The van der Waals surface area contributed by atoms with Gasteiger partial charge in [0.25, 0.3) is 0 Å². The summed E-state index contributed by atoms with van der Waals surface area (Å²) in [4.78, 5) is 4.05. The van der Waals surface area contributed by atoms with E-state index >= 15 is 0 Å². The maximum Gasteiger partial charge on any atom is 0.134 e. The van der Waals surface area contributed by atoms with Gasteiger partial charge in [0.05, 0.1) is 6.20 Å². The van der Waals surface area contributed by atoms with E-state index in [0.717, 1.165) is 5.56 Å². The van der Waals surface area contributed by atoms with Crippen molar-refractivity contribution in [2.75, 3.05) is 0 Å². The van der Waals surface area contributed by atoms with Crippen LogP contribution in [-0.4, -0.2) is 10.1 Å². The molecule has 0 atom stereocenters. The minimum absolute atomic E-state index is 0.228. The molecule has 1 aliphatic rings. The smallest absolute Gasteiger partial charge is 0.134 e. The van der Waals surface area contributed by atoms with Gasteiger partial charge in [0.1, 0.15) is 5.75 Å². The Bertz CT molecular complexity index is 532. The topological polar surface area (TPSA) is 33.1 Å². The number of aromatic nitrogens is 1. The first kappa shape index (κ1) is 10.3. The normalized spacial score (nSPS) is 15.5. The van der Waals surface area contributed by atoms with Gasteiger partial charge in [-0.1, -0.05) is 30.7 Å². The van der Waals surface area contributed by atoms with Crippen LogP contribution in [0.4, 0.5) is 0 Å². The van der Waals surface area contributed by atoms with Crippen molar-refractivity contribution in [1.82, 2.24) is 4.98 Å². The number of nitrogens with zero attached hydrogens (tertiary/aromatic N) is 1. The maximum atomic E-state index is 9.51. The van der Waals surface area contributed by atoms with Crippen LogP contribution < -0.4 is 0 Å². The monoisotopic (exact) mass is 225 g/mol. The quantitative estimate of drug-likeness (QED) is 0.844. The number of pyridine rings is 1. The zero-order chi connectivity index (χ0) is 11.7. The zero-order valence-corrected chi connectivity index (χ0v) is 9.63. The lowest BCUT2D eigenvalue weighted by molar-refractivity contribution is 0.420. The summed E-state index contributed by atoms with van der Waals surface area (Å²) in [5, 5.41) is 9.51. The summed E-state index contributed by atoms with van der Waals surface area (Å²) in [6, 6.07) is 10.2. The van der Waals surface area contributed by atoms with Gasteiger partial charge in [-0.15, -0.1) is 0 Å². The number of hydrogen-bond acceptors (Lipinski definition) is 2. The molecule has 1 aliphatic carbocycles. The number of hydrogen-bond donors (Lipinski definition) is 1. The van der Waals surface area contributed by atoms with Gasteiger partial charge in [0.15, 0.2) is 0 Å². The first-order chi connectivity index (χ1) is 8.34. The summed E-state index contributed by atoms with van der Waals surface area (Å²) >= 11 is 0. The second-order valence-corrected chi connectivity index (χ2v) is 4.65. The predicted octanol–water partition coefficient (Wildman–Crippen LogP) is 3.72. The van der Waals surface area contributed by atoms with Crippen LogP contribution in [0.2, 0.25) is 0 Å². The summed E-state index contributed by atoms with van der Waals surface area (Å²) in [5.74, 6) is 0.916. The van der Waals surface area contributed by atoms with Crippen LogP contribution in [0.25, 0.3) is 11.1 Å². The minimum Gasteiger partial charge on any atom is -0.506 e. The number of aromatic hydroxyl groups is 1. The Morgan fingerprint density at radius 2 is 1.94 bits per heavy atom. The molecule has 0 aliphatic heterocycles. The van der Waals surface area contributed by atoms with Crippen molar-refractivity contribution < 1.29 is 5.11 Å². The third-order valence-corrected chi connectivity index (χ3v) is 3.54. The summed E-state index contributed by atoms with van der Waals surface area (Å²) in [7, 11) is 0. The number of rotatable bonds is 2. The van der Waals surface area contributed by atoms with Gasteiger partial charge in [-0.05, 0) is 36.0 Å². The van der Waals surface area contributed by atoms with Crippen LogP contribution in [0.15, 0.2) is 42.7 Å². The molecule has 1 N–H and O–H groups in total. The largest absolute Gasteiger partial charge is 0.506 e. The number of benzene rings is 1. The molecule has 1 aromatic carbocycles. The molecule has 2 heteroatoms. The van der Waals surface area contributed by atoms with E-state index in [9.17, 15) is 5.11 Å². The van der Waals surface area contributed by atoms with Crippen LogP contribution in [0.1, 0.15) is 30.7 Å². The van der Waals surface area contributed by atoms with Gasteiger partial charge < -0.3 is 5.11 Å². The molecule has 86 valence electrons. The summed E-state index contributed by atoms with van der Waals surface area (Å²) in [6.07, 6.45) is 7.18. The van der Waals surface area contributed by atoms with E-state index in [1.165, 1.54) is 36.6 Å². The van der Waals surface area contributed by atoms with E-state index in [0.29, 0.717) is 5.92 Å². The van der Waals surface area contributed by atoms with E-state index in [-0.39, 0.29) is 5.75 Å². The molecule has 1 aromatic heterocycles. The Labute approximate surface area is 101 Å². The van der Waals surface area contributed by atoms with Crippen molar-refractivity contribution in [3.63, 3.8) is 0 Å². The van der Waals surface area contributed by atoms with E-state index in [2.05, 4.69) is 23.2 Å². The molecule has 0 bridgehead atoms. The Kier molecular flexibility index (Phi) is 2.56. The highest BCUT2D eigenvalue weighted by atomic mass is 16.3. The second kappa shape index (κ2) is 4.21. The lowest BCUT2D eigenvalue weighted by Crippen LogP contribution is -2.09. The van der Waals surface area contributed by atoms with Crippen molar-refractivity contribution in [3.8, 4) is 16.9 Å². The molecular formula is C15H15NO. The molecule has 2 nitrogen and oxygen atoms in total. The lowest BCUT2D eigenvalue weighted by atomic mass is 9.77. The van der Waals surface area contributed by atoms with Gasteiger partial charge >= 0.3 is 0 Å². The first-order valence-corrected chi connectivity index (χ1v) is 6.08. The van der Waals surface area contributed by atoms with Crippen LogP contribution in [0.3, 0.4) is 0 Å². The van der Waals surface area contributed by atoms with Gasteiger partial charge in [-0.25, -0.2) is 0 Å². The molecule has 0 spiro atoms. The SMILES string of the molecule is Oc1cncc(-c2ccccc2C2CCC2)c1. The molecule has 0 radical (unpaired) electrons. The van der Waals surface area contributed by atoms with E-state index in [1.54, 1.807) is 6.07 Å². The maximum absolute atomic E-state index is 9.51. The second-order valence-electron chi connectivity index (χ2n) is 4.65. The van der Waals surface area contributed by atoms with Gasteiger partial charge in [0, 0.05) is 11.8 Å². The summed E-state index contributed by atoms with van der Waals surface area (Å²) < 4.78 is 0. The van der Waals surface area contributed by atoms with Crippen molar-refractivity contribution >= 4 is 0 Å². The average molecular weight is 225 g/mol. The summed E-state index contributed by atoms with van der Waals surface area (Å²) in [5.41, 5.74) is 3.61. The lowest BCUT2D eigenvalue weighted by Gasteiger charge is -2.28. The molecule has 17 heavy (non-hydrogen) atoms. The molecule has 3 rings (SSSR count). The molecule has 1 heterocycles. The van der Waals surface area contributed by atoms with Crippen molar-refractivity contribution in [2.24, 2.45) is 0 Å². The predicted molar refractivity (Wildman–Crippen MR) is 67.9 cm³/mol. The fourth-order valence-corrected chi connectivity index (χ4v) is 2.41. The average Bonchev–Trinajstić information content (AvgIpc) is 2.27. The fourth-order valence-electron chi connectivity index (χ4n) is 2.41. The molecule has 1 saturated carbocycles. The molecule has 0 saturated heterocycles. The highest BCUT2D eigenvalue weighted by Gasteiger charge is 2.22. The Hall–Kier alpha value is -1.83. The zero-order valence-electron chi connectivity index (χ0n) is 9.63. The molecular weight excluding hydrogens is 210 g/mol. The molecule has 0 unspecified atom stereocenters.